The Morgan fingerprint density at radius 1 is 1.58 bits per heavy atom. The minimum Gasteiger partial charge on any atom is -0.380 e. The molecule has 3 rings (SSSR count). The Hall–Kier alpha value is -1.95. The van der Waals surface area contributed by atoms with E-state index >= 15 is 0 Å². The second kappa shape index (κ2) is 4.03. The van der Waals surface area contributed by atoms with Crippen LogP contribution in [0.3, 0.4) is 0 Å². The fourth-order valence-electron chi connectivity index (χ4n) is 2.15. The van der Waals surface area contributed by atoms with E-state index in [1.165, 1.54) is 25.1 Å². The number of hydrogen-bond acceptors (Lipinski definition) is 3. The lowest BCUT2D eigenvalue weighted by molar-refractivity contribution is -0.134. The van der Waals surface area contributed by atoms with Gasteiger partial charge in [-0.25, -0.2) is 4.39 Å². The van der Waals surface area contributed by atoms with Crippen molar-refractivity contribution in [2.45, 2.75) is 25.4 Å². The van der Waals surface area contributed by atoms with Gasteiger partial charge in [0.05, 0.1) is 5.52 Å². The number of carbonyl (C=O) groups is 1. The van der Waals surface area contributed by atoms with E-state index in [2.05, 4.69) is 15.5 Å². The summed E-state index contributed by atoms with van der Waals surface area (Å²) in [6, 6.07) is 4.14. The van der Waals surface area contributed by atoms with Crippen molar-refractivity contribution in [2.24, 2.45) is 5.92 Å². The minimum absolute atomic E-state index is 0.00940. The zero-order valence-corrected chi connectivity index (χ0v) is 10.4. The Morgan fingerprint density at radius 3 is 3.00 bits per heavy atom. The van der Waals surface area contributed by atoms with Crippen molar-refractivity contribution in [3.05, 3.63) is 24.0 Å². The predicted octanol–water partition coefficient (Wildman–Crippen LogP) is 1.80. The molecule has 3 N–H and O–H groups in total. The summed E-state index contributed by atoms with van der Waals surface area (Å²) in [6.45, 7) is 1.51. The van der Waals surface area contributed by atoms with Gasteiger partial charge in [-0.05, 0) is 43.9 Å². The lowest BCUT2D eigenvalue weighted by Gasteiger charge is -2.20. The van der Waals surface area contributed by atoms with Gasteiger partial charge in [0.1, 0.15) is 11.4 Å². The summed E-state index contributed by atoms with van der Waals surface area (Å²) in [5.41, 5.74) is -0.882. The van der Waals surface area contributed by atoms with Gasteiger partial charge in [0, 0.05) is 5.39 Å². The molecular weight excluding hydrogens is 249 g/mol. The van der Waals surface area contributed by atoms with E-state index in [1.807, 2.05) is 0 Å². The van der Waals surface area contributed by atoms with Gasteiger partial charge in [-0.15, -0.1) is 0 Å². The van der Waals surface area contributed by atoms with Gasteiger partial charge in [0.15, 0.2) is 5.82 Å². The maximum Gasteiger partial charge on any atom is 0.257 e. The maximum atomic E-state index is 13.0. The average Bonchev–Trinajstić information content (AvgIpc) is 3.14. The molecule has 0 radical (unpaired) electrons. The van der Waals surface area contributed by atoms with Crippen molar-refractivity contribution in [3.63, 3.8) is 0 Å². The van der Waals surface area contributed by atoms with Crippen LogP contribution in [0.2, 0.25) is 0 Å². The second-order valence-electron chi connectivity index (χ2n) is 5.14. The molecule has 100 valence electrons. The van der Waals surface area contributed by atoms with Gasteiger partial charge >= 0.3 is 0 Å². The van der Waals surface area contributed by atoms with Crippen molar-refractivity contribution >= 4 is 22.6 Å². The Labute approximate surface area is 108 Å². The third-order valence-corrected chi connectivity index (χ3v) is 3.59. The molecule has 1 aliphatic rings. The lowest BCUT2D eigenvalue weighted by Crippen LogP contribution is -2.42. The first-order valence-corrected chi connectivity index (χ1v) is 6.16. The standard InChI is InChI=1S/C13H14FN3O2/c1-13(19,7-2-3-7)12(18)15-11-9-5-4-8(14)6-10(9)16-17-11/h4-7,19H,2-3H2,1H3,(H2,15,16,17,18). The number of hydrogen-bond donors (Lipinski definition) is 3. The number of carbonyl (C=O) groups excluding carboxylic acids is 1. The molecule has 2 aromatic rings. The summed E-state index contributed by atoms with van der Waals surface area (Å²) < 4.78 is 13.0. The highest BCUT2D eigenvalue weighted by atomic mass is 19.1. The number of aromatic nitrogens is 2. The van der Waals surface area contributed by atoms with Crippen molar-refractivity contribution < 1.29 is 14.3 Å². The van der Waals surface area contributed by atoms with Crippen molar-refractivity contribution in [3.8, 4) is 0 Å². The van der Waals surface area contributed by atoms with E-state index < -0.39 is 11.5 Å². The molecular formula is C13H14FN3O2. The third-order valence-electron chi connectivity index (χ3n) is 3.59. The quantitative estimate of drug-likeness (QED) is 0.790. The number of nitrogens with zero attached hydrogens (tertiary/aromatic N) is 1. The maximum absolute atomic E-state index is 13.0. The lowest BCUT2D eigenvalue weighted by atomic mass is 10.00. The molecule has 1 fully saturated rings. The van der Waals surface area contributed by atoms with Crippen molar-refractivity contribution in [1.29, 1.82) is 0 Å². The van der Waals surface area contributed by atoms with Gasteiger partial charge in [-0.3, -0.25) is 9.89 Å². The first-order chi connectivity index (χ1) is 8.98. The number of aliphatic hydroxyl groups is 1. The molecule has 6 heteroatoms. The van der Waals surface area contributed by atoms with Crippen LogP contribution in [0.25, 0.3) is 10.9 Å². The van der Waals surface area contributed by atoms with Gasteiger partial charge in [0.2, 0.25) is 0 Å². The van der Waals surface area contributed by atoms with Crippen LogP contribution >= 0.6 is 0 Å². The summed E-state index contributed by atoms with van der Waals surface area (Å²) in [6.07, 6.45) is 1.71. The average molecular weight is 263 g/mol. The zero-order valence-electron chi connectivity index (χ0n) is 10.4. The zero-order chi connectivity index (χ0) is 13.6. The highest BCUT2D eigenvalue weighted by Gasteiger charge is 2.45. The van der Waals surface area contributed by atoms with Crippen LogP contribution in [0.4, 0.5) is 10.2 Å². The van der Waals surface area contributed by atoms with Crippen LogP contribution in [0, 0.1) is 11.7 Å². The SMILES string of the molecule is CC(O)(C(=O)Nc1n[nH]c2cc(F)ccc12)C1CC1. The molecule has 0 spiro atoms. The summed E-state index contributed by atoms with van der Waals surface area (Å²) in [7, 11) is 0. The van der Waals surface area contributed by atoms with E-state index in [0.717, 1.165) is 12.8 Å². The molecule has 1 heterocycles. The highest BCUT2D eigenvalue weighted by molar-refractivity contribution is 6.03. The number of nitrogens with one attached hydrogen (secondary N) is 2. The molecule has 1 amide bonds. The smallest absolute Gasteiger partial charge is 0.257 e. The normalized spacial score (nSPS) is 18.3. The summed E-state index contributed by atoms with van der Waals surface area (Å²) in [5, 5.41) is 19.9. The van der Waals surface area contributed by atoms with Crippen molar-refractivity contribution in [2.75, 3.05) is 5.32 Å². The van der Waals surface area contributed by atoms with Crippen LogP contribution in [0.1, 0.15) is 19.8 Å². The van der Waals surface area contributed by atoms with Gasteiger partial charge in [-0.2, -0.15) is 5.10 Å². The van der Waals surface area contributed by atoms with Crippen LogP contribution in [-0.2, 0) is 4.79 Å². The molecule has 1 unspecified atom stereocenters. The van der Waals surface area contributed by atoms with Crippen LogP contribution in [-0.4, -0.2) is 26.8 Å². The van der Waals surface area contributed by atoms with Gasteiger partial charge < -0.3 is 10.4 Å². The topological polar surface area (TPSA) is 78.0 Å². The molecule has 1 saturated carbocycles. The molecule has 1 aliphatic carbocycles. The van der Waals surface area contributed by atoms with E-state index in [4.69, 9.17) is 0 Å². The summed E-state index contributed by atoms with van der Waals surface area (Å²) >= 11 is 0. The Kier molecular flexibility index (Phi) is 2.56. The molecule has 19 heavy (non-hydrogen) atoms. The predicted molar refractivity (Wildman–Crippen MR) is 68.0 cm³/mol. The Balaban J connectivity index is 1.87. The monoisotopic (exact) mass is 263 g/mol. The summed E-state index contributed by atoms with van der Waals surface area (Å²) in [4.78, 5) is 12.0. The fraction of sp³-hybridized carbons (Fsp3) is 0.385. The highest BCUT2D eigenvalue weighted by Crippen LogP contribution is 2.40. The third kappa shape index (κ3) is 2.08. The van der Waals surface area contributed by atoms with E-state index in [0.29, 0.717) is 16.7 Å². The van der Waals surface area contributed by atoms with Crippen LogP contribution < -0.4 is 5.32 Å². The van der Waals surface area contributed by atoms with Crippen LogP contribution in [0.15, 0.2) is 18.2 Å². The largest absolute Gasteiger partial charge is 0.380 e. The Morgan fingerprint density at radius 2 is 2.32 bits per heavy atom. The number of fused-ring (bicyclic) bond motifs is 1. The number of halogens is 1. The number of anilines is 1. The number of benzene rings is 1. The van der Waals surface area contributed by atoms with E-state index in [9.17, 15) is 14.3 Å². The fourth-order valence-corrected chi connectivity index (χ4v) is 2.15. The first kappa shape index (κ1) is 12.1. The molecule has 1 atom stereocenters. The molecule has 0 saturated heterocycles. The van der Waals surface area contributed by atoms with Crippen LogP contribution in [0.5, 0.6) is 0 Å². The number of aromatic amines is 1. The number of H-pyrrole nitrogens is 1. The molecule has 1 aromatic heterocycles. The van der Waals surface area contributed by atoms with E-state index in [1.54, 1.807) is 0 Å². The molecule has 0 bridgehead atoms. The second-order valence-corrected chi connectivity index (χ2v) is 5.14. The minimum atomic E-state index is -1.38. The molecule has 1 aromatic carbocycles. The van der Waals surface area contributed by atoms with E-state index in [-0.39, 0.29) is 11.7 Å². The molecule has 5 nitrogen and oxygen atoms in total. The number of amides is 1. The summed E-state index contributed by atoms with van der Waals surface area (Å²) in [5.74, 6) is -0.539. The van der Waals surface area contributed by atoms with Gasteiger partial charge in [0.25, 0.3) is 5.91 Å². The number of rotatable bonds is 3. The Bertz CT molecular complexity index is 646. The molecule has 0 aliphatic heterocycles. The van der Waals surface area contributed by atoms with Gasteiger partial charge in [-0.1, -0.05) is 0 Å². The first-order valence-electron chi connectivity index (χ1n) is 6.16. The van der Waals surface area contributed by atoms with Crippen molar-refractivity contribution in [1.82, 2.24) is 10.2 Å².